The topological polar surface area (TPSA) is 138 Å². The number of nitrogens with zero attached hydrogens (tertiary/aromatic N) is 5. The van der Waals surface area contributed by atoms with Gasteiger partial charge < -0.3 is 10.4 Å². The molecule has 1 amide bonds. The number of aromatic nitrogens is 5. The fourth-order valence-corrected chi connectivity index (χ4v) is 3.09. The number of carboxylic acid groups (broad SMARTS) is 1. The maximum absolute atomic E-state index is 12.6. The number of halogens is 3. The van der Waals surface area contributed by atoms with Crippen molar-refractivity contribution in [1.82, 2.24) is 25.0 Å². The zero-order valence-corrected chi connectivity index (χ0v) is 16.1. The van der Waals surface area contributed by atoms with Crippen LogP contribution in [0.25, 0.3) is 21.9 Å². The molecule has 3 N–H and O–H groups in total. The molecule has 0 fully saturated rings. The van der Waals surface area contributed by atoms with Crippen LogP contribution < -0.4 is 10.9 Å². The average Bonchev–Trinajstić information content (AvgIpc) is 3.43. The van der Waals surface area contributed by atoms with Gasteiger partial charge in [-0.1, -0.05) is 12.1 Å². The zero-order chi connectivity index (χ0) is 22.9. The lowest BCUT2D eigenvalue weighted by atomic mass is 10.2. The Hall–Kier alpha value is -4.29. The molecule has 0 atom stereocenters. The first-order chi connectivity index (χ1) is 15.2. The van der Waals surface area contributed by atoms with Crippen molar-refractivity contribution in [3.05, 3.63) is 53.6 Å². The fourth-order valence-electron chi connectivity index (χ4n) is 3.09. The molecule has 5 rings (SSSR count). The van der Waals surface area contributed by atoms with Gasteiger partial charge in [-0.2, -0.15) is 33.6 Å². The first kappa shape index (κ1) is 21.0. The number of H-pyrrole nitrogens is 1. The van der Waals surface area contributed by atoms with Crippen molar-refractivity contribution in [3.8, 4) is 0 Å². The summed E-state index contributed by atoms with van der Waals surface area (Å²) in [6.45, 7) is 1.51. The number of aliphatic carboxylic acids is 1. The number of carbonyl (C=O) groups excluding carboxylic acids is 1. The molecule has 0 spiro atoms. The number of hydrogen-bond acceptors (Lipinski definition) is 6. The summed E-state index contributed by atoms with van der Waals surface area (Å²) in [5.41, 5.74) is 3.01. The second-order valence-corrected chi connectivity index (χ2v) is 6.60. The largest absolute Gasteiger partial charge is 0.490 e. The predicted octanol–water partition coefficient (Wildman–Crippen LogP) is 2.11. The van der Waals surface area contributed by atoms with Gasteiger partial charge in [0.15, 0.2) is 0 Å². The molecule has 13 heteroatoms. The number of benzene rings is 2. The van der Waals surface area contributed by atoms with Gasteiger partial charge in [-0.25, -0.2) is 9.78 Å². The van der Waals surface area contributed by atoms with Crippen LogP contribution in [0.15, 0.2) is 47.5 Å². The molecule has 0 saturated heterocycles. The monoisotopic (exact) mass is 445 g/mol. The van der Waals surface area contributed by atoms with E-state index in [1.54, 1.807) is 18.2 Å². The maximum Gasteiger partial charge on any atom is 0.490 e. The third kappa shape index (κ3) is 4.12. The van der Waals surface area contributed by atoms with Crippen LogP contribution in [-0.4, -0.2) is 54.7 Å². The van der Waals surface area contributed by atoms with Gasteiger partial charge in [-0.05, 0) is 30.3 Å². The smallest absolute Gasteiger partial charge is 0.475 e. The summed E-state index contributed by atoms with van der Waals surface area (Å²) in [4.78, 5) is 30.3. The van der Waals surface area contributed by atoms with Crippen molar-refractivity contribution in [2.24, 2.45) is 4.99 Å². The molecule has 0 bridgehead atoms. The van der Waals surface area contributed by atoms with Crippen LogP contribution in [0.4, 0.5) is 19.0 Å². The van der Waals surface area contributed by atoms with E-state index < -0.39 is 12.1 Å². The third-order valence-corrected chi connectivity index (χ3v) is 4.53. The molecule has 164 valence electrons. The Morgan fingerprint density at radius 1 is 1.06 bits per heavy atom. The van der Waals surface area contributed by atoms with Gasteiger partial charge in [0.2, 0.25) is 5.62 Å². The molecule has 2 aromatic heterocycles. The molecule has 0 saturated carbocycles. The van der Waals surface area contributed by atoms with Crippen molar-refractivity contribution < 1.29 is 27.9 Å². The molecule has 3 heterocycles. The van der Waals surface area contributed by atoms with Crippen LogP contribution in [0.5, 0.6) is 0 Å². The van der Waals surface area contributed by atoms with Crippen LogP contribution >= 0.6 is 0 Å². The van der Waals surface area contributed by atoms with E-state index in [9.17, 15) is 18.0 Å². The first-order valence-electron chi connectivity index (χ1n) is 9.17. The van der Waals surface area contributed by atoms with Gasteiger partial charge in [0.05, 0.1) is 5.52 Å². The number of fused-ring (bicyclic) bond motifs is 4. The molecule has 2 aromatic carbocycles. The van der Waals surface area contributed by atoms with Gasteiger partial charge in [0, 0.05) is 24.0 Å². The number of aromatic amines is 1. The minimum atomic E-state index is -5.08. The van der Waals surface area contributed by atoms with E-state index in [1.807, 2.05) is 28.8 Å². The van der Waals surface area contributed by atoms with E-state index >= 15 is 0 Å². The Morgan fingerprint density at radius 2 is 1.78 bits per heavy atom. The van der Waals surface area contributed by atoms with Crippen molar-refractivity contribution in [2.45, 2.75) is 12.7 Å². The fraction of sp³-hybridized carbons (Fsp3) is 0.158. The summed E-state index contributed by atoms with van der Waals surface area (Å²) < 4.78 is 33.7. The Bertz CT molecular complexity index is 1410. The van der Waals surface area contributed by atoms with E-state index in [0.29, 0.717) is 22.2 Å². The normalized spacial score (nSPS) is 13.4. The van der Waals surface area contributed by atoms with Crippen LogP contribution in [0, 0.1) is 0 Å². The Labute approximate surface area is 176 Å². The SMILES string of the molecule is O=C(N=c1nc2ccccc2c2n1CCN2)c1ccc2n[nH]nc2c1.O=C(O)C(F)(F)F. The molecule has 0 radical (unpaired) electrons. The number of para-hydroxylation sites is 1. The van der Waals surface area contributed by atoms with E-state index in [2.05, 4.69) is 30.7 Å². The van der Waals surface area contributed by atoms with Crippen LogP contribution in [0.2, 0.25) is 0 Å². The van der Waals surface area contributed by atoms with E-state index in [1.165, 1.54) is 0 Å². The summed E-state index contributed by atoms with van der Waals surface area (Å²) in [5, 5.41) is 22.0. The first-order valence-corrected chi connectivity index (χ1v) is 9.17. The number of carboxylic acids is 1. The highest BCUT2D eigenvalue weighted by molar-refractivity contribution is 5.98. The molecule has 0 aliphatic carbocycles. The molecule has 1 aliphatic heterocycles. The number of hydrogen-bond donors (Lipinski definition) is 3. The van der Waals surface area contributed by atoms with Gasteiger partial charge in [0.25, 0.3) is 5.91 Å². The van der Waals surface area contributed by atoms with Gasteiger partial charge >= 0.3 is 12.1 Å². The van der Waals surface area contributed by atoms with E-state index in [0.717, 1.165) is 29.8 Å². The molecule has 0 unspecified atom stereocenters. The lowest BCUT2D eigenvalue weighted by Crippen LogP contribution is -2.24. The lowest BCUT2D eigenvalue weighted by Gasteiger charge is -2.07. The zero-order valence-electron chi connectivity index (χ0n) is 16.1. The summed E-state index contributed by atoms with van der Waals surface area (Å²) in [6.07, 6.45) is -5.08. The Kier molecular flexibility index (Phi) is 5.30. The van der Waals surface area contributed by atoms with E-state index in [-0.39, 0.29) is 5.91 Å². The predicted molar refractivity (Wildman–Crippen MR) is 106 cm³/mol. The molecular weight excluding hydrogens is 431 g/mol. The highest BCUT2D eigenvalue weighted by atomic mass is 19.4. The summed E-state index contributed by atoms with van der Waals surface area (Å²) in [6, 6.07) is 12.9. The molecule has 32 heavy (non-hydrogen) atoms. The molecule has 1 aliphatic rings. The number of rotatable bonds is 1. The lowest BCUT2D eigenvalue weighted by molar-refractivity contribution is -0.192. The van der Waals surface area contributed by atoms with Crippen LogP contribution in [-0.2, 0) is 11.3 Å². The number of anilines is 1. The molecular formula is C19H14F3N7O3. The average molecular weight is 445 g/mol. The number of carbonyl (C=O) groups is 2. The van der Waals surface area contributed by atoms with Gasteiger partial charge in [-0.15, -0.1) is 0 Å². The number of nitrogens with one attached hydrogen (secondary N) is 2. The number of amides is 1. The highest BCUT2D eigenvalue weighted by Gasteiger charge is 2.38. The minimum absolute atomic E-state index is 0.353. The van der Waals surface area contributed by atoms with Gasteiger partial charge in [0.1, 0.15) is 16.9 Å². The van der Waals surface area contributed by atoms with Crippen molar-refractivity contribution in [3.63, 3.8) is 0 Å². The Balaban J connectivity index is 0.000000307. The van der Waals surface area contributed by atoms with Crippen molar-refractivity contribution in [1.29, 1.82) is 0 Å². The van der Waals surface area contributed by atoms with E-state index in [4.69, 9.17) is 9.90 Å². The summed E-state index contributed by atoms with van der Waals surface area (Å²) in [7, 11) is 0. The van der Waals surface area contributed by atoms with Crippen LogP contribution in [0.3, 0.4) is 0 Å². The second kappa shape index (κ2) is 8.09. The minimum Gasteiger partial charge on any atom is -0.475 e. The number of alkyl halides is 3. The van der Waals surface area contributed by atoms with Crippen LogP contribution in [0.1, 0.15) is 10.4 Å². The summed E-state index contributed by atoms with van der Waals surface area (Å²) in [5.74, 6) is -2.16. The third-order valence-electron chi connectivity index (χ3n) is 4.53. The van der Waals surface area contributed by atoms with Crippen molar-refractivity contribution in [2.75, 3.05) is 11.9 Å². The standard InChI is InChI=1S/C17H13N7O.C2HF3O2/c25-16(10-5-6-13-14(9-10)22-23-21-13)20-17-19-12-4-2-1-3-11(12)15-18-7-8-24(15)17;3-2(4,5)1(6)7/h1-6,9,18H,7-8H2,(H,21,22,23);(H,6,7). The Morgan fingerprint density at radius 3 is 2.53 bits per heavy atom. The highest BCUT2D eigenvalue weighted by Crippen LogP contribution is 2.22. The second-order valence-electron chi connectivity index (χ2n) is 6.60. The van der Waals surface area contributed by atoms with Crippen molar-refractivity contribution >= 4 is 39.6 Å². The summed E-state index contributed by atoms with van der Waals surface area (Å²) >= 11 is 0. The molecule has 10 nitrogen and oxygen atoms in total. The maximum atomic E-state index is 12.6. The quantitative estimate of drug-likeness (QED) is 0.408. The van der Waals surface area contributed by atoms with Gasteiger partial charge in [-0.3, -0.25) is 9.36 Å². The molecule has 4 aromatic rings.